The molecule has 0 unspecified atom stereocenters. The van der Waals surface area contributed by atoms with Crippen LogP contribution < -0.4 is 26.3 Å². The van der Waals surface area contributed by atoms with Gasteiger partial charge in [0.25, 0.3) is 0 Å². The lowest BCUT2D eigenvalue weighted by atomic mass is 10.1. The van der Waals surface area contributed by atoms with E-state index in [1.54, 1.807) is 18.2 Å². The Balaban J connectivity index is 0.00000308. The van der Waals surface area contributed by atoms with Gasteiger partial charge in [-0.05, 0) is 47.5 Å². The highest BCUT2D eigenvalue weighted by Crippen LogP contribution is 2.33. The van der Waals surface area contributed by atoms with E-state index in [0.717, 1.165) is 45.2 Å². The Morgan fingerprint density at radius 1 is 0.718 bits per heavy atom. The summed E-state index contributed by atoms with van der Waals surface area (Å²) in [5.41, 5.74) is 6.10. The third-order valence-electron chi connectivity index (χ3n) is 6.99. The van der Waals surface area contributed by atoms with E-state index in [1.807, 2.05) is 30.3 Å². The summed E-state index contributed by atoms with van der Waals surface area (Å²) in [7, 11) is 0. The minimum Gasteiger partial charge on any atom is -1.00 e. The summed E-state index contributed by atoms with van der Waals surface area (Å²) >= 11 is 0. The Hall–Kier alpha value is -4.03. The van der Waals surface area contributed by atoms with Crippen LogP contribution in [0.25, 0.3) is 21.8 Å². The van der Waals surface area contributed by atoms with Gasteiger partial charge in [-0.15, -0.1) is 0 Å². The lowest BCUT2D eigenvalue weighted by Crippen LogP contribution is -3.00. The van der Waals surface area contributed by atoms with E-state index >= 15 is 0 Å². The van der Waals surface area contributed by atoms with Crippen molar-refractivity contribution in [3.05, 3.63) is 143 Å². The van der Waals surface area contributed by atoms with Crippen LogP contribution in [0.5, 0.6) is 5.75 Å². The van der Waals surface area contributed by atoms with Crippen molar-refractivity contribution in [1.82, 2.24) is 4.57 Å². The number of hydrogen-bond donors (Lipinski definition) is 0. The quantitative estimate of drug-likeness (QED) is 0.255. The van der Waals surface area contributed by atoms with Crippen molar-refractivity contribution in [3.8, 4) is 5.75 Å². The number of aryl methyl sites for hydroxylation is 1. The maximum atomic E-state index is 14.1. The van der Waals surface area contributed by atoms with Crippen molar-refractivity contribution >= 4 is 21.8 Å². The lowest BCUT2D eigenvalue weighted by molar-refractivity contribution is -0.693. The zero-order valence-electron chi connectivity index (χ0n) is 21.5. The van der Waals surface area contributed by atoms with E-state index < -0.39 is 0 Å². The summed E-state index contributed by atoms with van der Waals surface area (Å²) in [4.78, 5) is 0. The summed E-state index contributed by atoms with van der Waals surface area (Å²) < 4.78 is 38.3. The molecule has 0 aliphatic carbocycles. The average molecular weight is 585 g/mol. The van der Waals surface area contributed by atoms with Gasteiger partial charge in [0.2, 0.25) is 5.69 Å². The first-order valence-electron chi connectivity index (χ1n) is 12.7. The molecular formula is C33H27BrF2N2O. The molecule has 6 heteroatoms. The Morgan fingerprint density at radius 2 is 1.41 bits per heavy atom. The zero-order valence-corrected chi connectivity index (χ0v) is 23.0. The summed E-state index contributed by atoms with van der Waals surface area (Å²) in [5, 5.41) is 2.24. The third-order valence-corrected chi connectivity index (χ3v) is 6.99. The number of nitrogens with zero attached hydrogens (tertiary/aromatic N) is 2. The molecular weight excluding hydrogens is 558 g/mol. The number of fused-ring (bicyclic) bond motifs is 3. The summed E-state index contributed by atoms with van der Waals surface area (Å²) in [6.45, 7) is 3.67. The molecule has 0 aliphatic heterocycles. The van der Waals surface area contributed by atoms with Gasteiger partial charge in [-0.2, -0.15) is 4.57 Å². The molecule has 6 aromatic rings. The van der Waals surface area contributed by atoms with E-state index in [2.05, 4.69) is 58.7 Å². The fourth-order valence-electron chi connectivity index (χ4n) is 5.14. The first kappa shape index (κ1) is 26.6. The van der Waals surface area contributed by atoms with Gasteiger partial charge in [0.05, 0.1) is 5.52 Å². The molecule has 0 spiro atoms. The lowest BCUT2D eigenvalue weighted by Gasteiger charge is -2.11. The molecule has 2 aromatic heterocycles. The highest BCUT2D eigenvalue weighted by molar-refractivity contribution is 6.08. The maximum Gasteiger partial charge on any atom is 0.203 e. The van der Waals surface area contributed by atoms with Crippen LogP contribution in [0.1, 0.15) is 22.4 Å². The molecule has 39 heavy (non-hydrogen) atoms. The van der Waals surface area contributed by atoms with Crippen molar-refractivity contribution in [1.29, 1.82) is 0 Å². The van der Waals surface area contributed by atoms with Crippen LogP contribution in [0, 0.1) is 18.6 Å². The largest absolute Gasteiger partial charge is 1.00 e. The van der Waals surface area contributed by atoms with Crippen LogP contribution in [-0.4, -0.2) is 4.57 Å². The van der Waals surface area contributed by atoms with Crippen LogP contribution in [-0.2, 0) is 19.7 Å². The fraction of sp³-hybridized carbons (Fsp3) is 0.121. The molecule has 0 saturated carbocycles. The topological polar surface area (TPSA) is 18.0 Å². The second-order valence-electron chi connectivity index (χ2n) is 9.59. The maximum absolute atomic E-state index is 14.1. The van der Waals surface area contributed by atoms with Crippen LogP contribution in [0.15, 0.2) is 109 Å². The van der Waals surface area contributed by atoms with Crippen molar-refractivity contribution in [2.75, 3.05) is 0 Å². The molecule has 0 saturated heterocycles. The van der Waals surface area contributed by atoms with Crippen LogP contribution in [0.4, 0.5) is 8.78 Å². The first-order chi connectivity index (χ1) is 18.5. The number of pyridine rings is 1. The second-order valence-corrected chi connectivity index (χ2v) is 9.59. The number of rotatable bonds is 7. The summed E-state index contributed by atoms with van der Waals surface area (Å²) in [5.74, 6) is 0.161. The Morgan fingerprint density at radius 3 is 2.15 bits per heavy atom. The fourth-order valence-corrected chi connectivity index (χ4v) is 5.14. The smallest absolute Gasteiger partial charge is 0.203 e. The molecule has 3 nitrogen and oxygen atoms in total. The highest BCUT2D eigenvalue weighted by Gasteiger charge is 2.20. The first-order valence-corrected chi connectivity index (χ1v) is 12.7. The van der Waals surface area contributed by atoms with E-state index in [0.29, 0.717) is 12.3 Å². The van der Waals surface area contributed by atoms with Gasteiger partial charge >= 0.3 is 0 Å². The molecule has 2 heterocycles. The molecule has 0 radical (unpaired) electrons. The summed E-state index contributed by atoms with van der Waals surface area (Å²) in [6, 6.07) is 31.7. The minimum absolute atomic E-state index is 0. The van der Waals surface area contributed by atoms with Gasteiger partial charge in [0.15, 0.2) is 12.7 Å². The van der Waals surface area contributed by atoms with E-state index in [4.69, 9.17) is 4.74 Å². The Labute approximate surface area is 236 Å². The van der Waals surface area contributed by atoms with Gasteiger partial charge in [-0.25, -0.2) is 8.78 Å². The molecule has 0 aliphatic rings. The van der Waals surface area contributed by atoms with Crippen LogP contribution in [0.2, 0.25) is 0 Å². The zero-order chi connectivity index (χ0) is 26.1. The average Bonchev–Trinajstić information content (AvgIpc) is 3.23. The summed E-state index contributed by atoms with van der Waals surface area (Å²) in [6.07, 6.45) is 2.13. The number of halogens is 3. The monoisotopic (exact) mass is 584 g/mol. The SMILES string of the molecule is Cc1c2c(cc[n+]1Cc1ccccc1)c1ccc(OCc3cccc(F)c3)cc1n2Cc1cccc(F)c1.[Br-]. The Kier molecular flexibility index (Phi) is 7.75. The number of ether oxygens (including phenoxy) is 1. The normalized spacial score (nSPS) is 11.1. The molecule has 6 rings (SSSR count). The van der Waals surface area contributed by atoms with Gasteiger partial charge in [0, 0.05) is 41.9 Å². The number of hydrogen-bond acceptors (Lipinski definition) is 1. The van der Waals surface area contributed by atoms with E-state index in [9.17, 15) is 8.78 Å². The van der Waals surface area contributed by atoms with Crippen molar-refractivity contribution in [2.24, 2.45) is 0 Å². The Bertz CT molecular complexity index is 1770. The highest BCUT2D eigenvalue weighted by atomic mass is 79.9. The van der Waals surface area contributed by atoms with Gasteiger partial charge in [-0.1, -0.05) is 54.6 Å². The molecule has 0 atom stereocenters. The molecule has 0 bridgehead atoms. The van der Waals surface area contributed by atoms with Gasteiger partial charge < -0.3 is 26.3 Å². The van der Waals surface area contributed by atoms with Gasteiger partial charge in [0.1, 0.15) is 29.5 Å². The van der Waals surface area contributed by atoms with Gasteiger partial charge in [-0.3, -0.25) is 0 Å². The number of benzene rings is 4. The van der Waals surface area contributed by atoms with Crippen molar-refractivity contribution in [2.45, 2.75) is 26.6 Å². The van der Waals surface area contributed by atoms with Crippen molar-refractivity contribution < 1.29 is 35.1 Å². The second kappa shape index (κ2) is 11.4. The number of aromatic nitrogens is 2. The van der Waals surface area contributed by atoms with Crippen LogP contribution in [0.3, 0.4) is 0 Å². The van der Waals surface area contributed by atoms with Crippen LogP contribution >= 0.6 is 0 Å². The van der Waals surface area contributed by atoms with E-state index in [1.165, 1.54) is 23.8 Å². The molecule has 196 valence electrons. The predicted molar refractivity (Wildman–Crippen MR) is 146 cm³/mol. The minimum atomic E-state index is -0.281. The standard InChI is InChI=1S/C33H27F2N2O.BrH/c1-23-33-31(15-16-36(23)20-24-7-3-2-4-8-24)30-14-13-29(38-22-26-10-6-12-28(35)18-26)19-32(30)37(33)21-25-9-5-11-27(34)17-25;/h2-19H,20-22H2,1H3;1H/q+1;/p-1. The molecule has 0 fully saturated rings. The van der Waals surface area contributed by atoms with Crippen molar-refractivity contribution in [3.63, 3.8) is 0 Å². The predicted octanol–water partition coefficient (Wildman–Crippen LogP) is 4.35. The molecule has 0 N–H and O–H groups in total. The molecule has 0 amide bonds. The van der Waals surface area contributed by atoms with E-state index in [-0.39, 0.29) is 35.2 Å². The third kappa shape index (κ3) is 5.57. The molecule has 4 aromatic carbocycles.